The molecule has 5 heteroatoms. The summed E-state index contributed by atoms with van der Waals surface area (Å²) in [6, 6.07) is 2.31. The molecule has 2 saturated carbocycles. The van der Waals surface area contributed by atoms with E-state index in [1.54, 1.807) is 4.90 Å². The van der Waals surface area contributed by atoms with Gasteiger partial charge in [-0.1, -0.05) is 12.8 Å². The molecule has 0 unspecified atom stereocenters. The first-order chi connectivity index (χ1) is 9.15. The van der Waals surface area contributed by atoms with Crippen molar-refractivity contribution < 1.29 is 14.7 Å². The lowest BCUT2D eigenvalue weighted by atomic mass is 9.78. The smallest absolute Gasteiger partial charge is 0.307 e. The largest absolute Gasteiger partial charge is 0.481 e. The van der Waals surface area contributed by atoms with Gasteiger partial charge in [0, 0.05) is 12.6 Å². The predicted molar refractivity (Wildman–Crippen MR) is 68.0 cm³/mol. The molecule has 0 bridgehead atoms. The van der Waals surface area contributed by atoms with Crippen molar-refractivity contribution in [2.45, 2.75) is 51.0 Å². The van der Waals surface area contributed by atoms with Crippen molar-refractivity contribution in [1.82, 2.24) is 4.90 Å². The first kappa shape index (κ1) is 13.9. The number of rotatable bonds is 5. The molecular formula is C14H20N2O3. The number of hydrogen-bond acceptors (Lipinski definition) is 3. The van der Waals surface area contributed by atoms with Crippen molar-refractivity contribution in [1.29, 1.82) is 5.26 Å². The summed E-state index contributed by atoms with van der Waals surface area (Å²) in [6.45, 7) is 0.447. The summed E-state index contributed by atoms with van der Waals surface area (Å²) in [4.78, 5) is 25.6. The van der Waals surface area contributed by atoms with Crippen LogP contribution in [0.4, 0.5) is 0 Å². The zero-order valence-electron chi connectivity index (χ0n) is 11.0. The molecule has 5 nitrogen and oxygen atoms in total. The van der Waals surface area contributed by atoms with E-state index < -0.39 is 11.9 Å². The Balaban J connectivity index is 2.06. The average molecular weight is 264 g/mol. The van der Waals surface area contributed by atoms with Crippen molar-refractivity contribution in [2.24, 2.45) is 11.8 Å². The fourth-order valence-corrected chi connectivity index (χ4v) is 2.96. The van der Waals surface area contributed by atoms with Gasteiger partial charge in [0.05, 0.1) is 24.3 Å². The highest BCUT2D eigenvalue weighted by Crippen LogP contribution is 2.35. The van der Waals surface area contributed by atoms with Gasteiger partial charge in [-0.25, -0.2) is 0 Å². The molecule has 1 N–H and O–H groups in total. The second-order valence-corrected chi connectivity index (χ2v) is 5.51. The van der Waals surface area contributed by atoms with Gasteiger partial charge < -0.3 is 10.0 Å². The van der Waals surface area contributed by atoms with E-state index in [1.165, 1.54) is 0 Å². The summed E-state index contributed by atoms with van der Waals surface area (Å²) in [5.74, 6) is -1.81. The number of nitriles is 1. The number of carbonyl (C=O) groups is 2. The van der Waals surface area contributed by atoms with Crippen LogP contribution in [0.15, 0.2) is 0 Å². The molecule has 2 aliphatic carbocycles. The molecule has 2 rings (SSSR count). The number of carboxylic acids is 1. The molecule has 2 atom stereocenters. The zero-order chi connectivity index (χ0) is 13.8. The Bertz CT molecular complexity index is 398. The highest BCUT2D eigenvalue weighted by molar-refractivity contribution is 5.85. The van der Waals surface area contributed by atoms with Gasteiger partial charge in [0.1, 0.15) is 0 Å². The van der Waals surface area contributed by atoms with E-state index >= 15 is 0 Å². The van der Waals surface area contributed by atoms with E-state index in [2.05, 4.69) is 6.07 Å². The first-order valence-corrected chi connectivity index (χ1v) is 7.05. The maximum Gasteiger partial charge on any atom is 0.307 e. The van der Waals surface area contributed by atoms with Crippen LogP contribution in [0.25, 0.3) is 0 Å². The molecule has 0 heterocycles. The summed E-state index contributed by atoms with van der Waals surface area (Å²) in [7, 11) is 0. The molecule has 2 aliphatic rings. The fourth-order valence-electron chi connectivity index (χ4n) is 2.96. The maximum atomic E-state index is 12.6. The molecule has 0 spiro atoms. The van der Waals surface area contributed by atoms with Crippen LogP contribution in [-0.4, -0.2) is 34.5 Å². The zero-order valence-corrected chi connectivity index (χ0v) is 11.0. The molecule has 0 aliphatic heterocycles. The fraction of sp³-hybridized carbons (Fsp3) is 0.786. The molecule has 19 heavy (non-hydrogen) atoms. The number of carboxylic acid groups (broad SMARTS) is 1. The molecular weight excluding hydrogens is 244 g/mol. The molecule has 104 valence electrons. The van der Waals surface area contributed by atoms with Crippen LogP contribution in [0.3, 0.4) is 0 Å². The highest BCUT2D eigenvalue weighted by Gasteiger charge is 2.41. The predicted octanol–water partition coefficient (Wildman–Crippen LogP) is 1.78. The summed E-state index contributed by atoms with van der Waals surface area (Å²) in [6.07, 6.45) is 5.39. The van der Waals surface area contributed by atoms with Gasteiger partial charge >= 0.3 is 5.97 Å². The normalized spacial score (nSPS) is 26.5. The SMILES string of the molecule is N#CCCN(C(=O)[C@@H]1CCCC[C@@H]1C(=O)O)C1CC1. The lowest BCUT2D eigenvalue weighted by Crippen LogP contribution is -2.44. The third-order valence-electron chi connectivity index (χ3n) is 4.14. The Labute approximate surface area is 113 Å². The lowest BCUT2D eigenvalue weighted by molar-refractivity contribution is -0.152. The Hall–Kier alpha value is -1.57. The minimum atomic E-state index is -0.853. The van der Waals surface area contributed by atoms with Gasteiger partial charge in [0.25, 0.3) is 0 Å². The molecule has 0 aromatic carbocycles. The minimum absolute atomic E-state index is 0.0372. The number of aliphatic carboxylic acids is 1. The topological polar surface area (TPSA) is 81.4 Å². The quantitative estimate of drug-likeness (QED) is 0.820. The van der Waals surface area contributed by atoms with Gasteiger partial charge in [0.2, 0.25) is 5.91 Å². The van der Waals surface area contributed by atoms with E-state index in [-0.39, 0.29) is 17.9 Å². The third kappa shape index (κ3) is 3.25. The van der Waals surface area contributed by atoms with Gasteiger partial charge in [-0.3, -0.25) is 9.59 Å². The first-order valence-electron chi connectivity index (χ1n) is 7.05. The van der Waals surface area contributed by atoms with Gasteiger partial charge in [-0.15, -0.1) is 0 Å². The van der Waals surface area contributed by atoms with Crippen molar-refractivity contribution in [3.8, 4) is 6.07 Å². The highest BCUT2D eigenvalue weighted by atomic mass is 16.4. The summed E-state index contributed by atoms with van der Waals surface area (Å²) >= 11 is 0. The minimum Gasteiger partial charge on any atom is -0.481 e. The van der Waals surface area contributed by atoms with Crippen LogP contribution in [-0.2, 0) is 9.59 Å². The van der Waals surface area contributed by atoms with Crippen LogP contribution < -0.4 is 0 Å². The molecule has 2 fully saturated rings. The molecule has 0 saturated heterocycles. The van der Waals surface area contributed by atoms with Crippen LogP contribution in [0, 0.1) is 23.2 Å². The summed E-state index contributed by atoms with van der Waals surface area (Å²) in [5, 5.41) is 17.9. The second-order valence-electron chi connectivity index (χ2n) is 5.51. The number of nitrogens with zero attached hydrogens (tertiary/aromatic N) is 2. The number of hydrogen-bond donors (Lipinski definition) is 1. The molecule has 1 amide bonds. The Morgan fingerprint density at radius 3 is 2.32 bits per heavy atom. The van der Waals surface area contributed by atoms with Gasteiger partial charge in [-0.05, 0) is 25.7 Å². The van der Waals surface area contributed by atoms with E-state index in [1.807, 2.05) is 0 Å². The van der Waals surface area contributed by atoms with E-state index in [0.29, 0.717) is 25.8 Å². The van der Waals surface area contributed by atoms with Gasteiger partial charge in [-0.2, -0.15) is 5.26 Å². The Morgan fingerprint density at radius 2 is 1.79 bits per heavy atom. The Morgan fingerprint density at radius 1 is 1.16 bits per heavy atom. The molecule has 0 radical (unpaired) electrons. The van der Waals surface area contributed by atoms with Crippen molar-refractivity contribution >= 4 is 11.9 Å². The van der Waals surface area contributed by atoms with Gasteiger partial charge in [0.15, 0.2) is 0 Å². The van der Waals surface area contributed by atoms with Crippen molar-refractivity contribution in [3.63, 3.8) is 0 Å². The maximum absolute atomic E-state index is 12.6. The van der Waals surface area contributed by atoms with Crippen LogP contribution in [0.5, 0.6) is 0 Å². The summed E-state index contributed by atoms with van der Waals surface area (Å²) in [5.41, 5.74) is 0. The molecule has 0 aromatic heterocycles. The third-order valence-corrected chi connectivity index (χ3v) is 4.14. The van der Waals surface area contributed by atoms with Crippen molar-refractivity contribution in [2.75, 3.05) is 6.54 Å². The second kappa shape index (κ2) is 6.05. The van der Waals surface area contributed by atoms with Crippen LogP contribution in [0.1, 0.15) is 44.9 Å². The Kier molecular flexibility index (Phi) is 4.41. The standard InChI is InChI=1S/C14H20N2O3/c15-8-3-9-16(10-6-7-10)13(17)11-4-1-2-5-12(11)14(18)19/h10-12H,1-7,9H2,(H,18,19)/t11-,12+/m1/s1. The van der Waals surface area contributed by atoms with E-state index in [9.17, 15) is 14.7 Å². The average Bonchev–Trinajstić information content (AvgIpc) is 3.23. The van der Waals surface area contributed by atoms with E-state index in [4.69, 9.17) is 5.26 Å². The van der Waals surface area contributed by atoms with E-state index in [0.717, 1.165) is 25.7 Å². The monoisotopic (exact) mass is 264 g/mol. The summed E-state index contributed by atoms with van der Waals surface area (Å²) < 4.78 is 0. The van der Waals surface area contributed by atoms with Crippen molar-refractivity contribution in [3.05, 3.63) is 0 Å². The van der Waals surface area contributed by atoms with Crippen LogP contribution in [0.2, 0.25) is 0 Å². The lowest BCUT2D eigenvalue weighted by Gasteiger charge is -2.32. The number of carbonyl (C=O) groups excluding carboxylic acids is 1. The van der Waals surface area contributed by atoms with Crippen LogP contribution >= 0.6 is 0 Å². The molecule has 0 aromatic rings. The number of amides is 1.